The highest BCUT2D eigenvalue weighted by Gasteiger charge is 2.68. The lowest BCUT2D eigenvalue weighted by Crippen LogP contribution is -2.69. The SMILES string of the molecule is C[C@H]1[C@@H](C[C@@H](C#Cc2ccccc2)N2CCCCC2)O[C@@H]2C[C@]3(C)CC[C@H]4[C@H](C)CC[C@@H]1[C@@]24OO3. The van der Waals surface area contributed by atoms with Gasteiger partial charge >= 0.3 is 0 Å². The van der Waals surface area contributed by atoms with Crippen molar-refractivity contribution in [1.82, 2.24) is 4.90 Å². The number of nitrogens with zero attached hydrogens (tertiary/aromatic N) is 1. The molecule has 35 heavy (non-hydrogen) atoms. The van der Waals surface area contributed by atoms with Gasteiger partial charge < -0.3 is 4.74 Å². The van der Waals surface area contributed by atoms with Crippen LogP contribution >= 0.6 is 0 Å². The summed E-state index contributed by atoms with van der Waals surface area (Å²) >= 11 is 0. The third kappa shape index (κ3) is 4.27. The van der Waals surface area contributed by atoms with Gasteiger partial charge in [0.2, 0.25) is 0 Å². The Kier molecular flexibility index (Phi) is 6.50. The van der Waals surface area contributed by atoms with Gasteiger partial charge in [0, 0.05) is 18.4 Å². The Hall–Kier alpha value is -1.38. The summed E-state index contributed by atoms with van der Waals surface area (Å²) < 4.78 is 7.13. The number of piperidine rings is 1. The van der Waals surface area contributed by atoms with Crippen LogP contribution in [-0.4, -0.2) is 47.4 Å². The van der Waals surface area contributed by atoms with E-state index in [4.69, 9.17) is 14.5 Å². The van der Waals surface area contributed by atoms with Crippen LogP contribution in [0.25, 0.3) is 0 Å². The highest BCUT2D eigenvalue weighted by Crippen LogP contribution is 2.61. The molecule has 1 spiro atoms. The van der Waals surface area contributed by atoms with E-state index in [1.54, 1.807) is 0 Å². The molecule has 7 rings (SSSR count). The summed E-state index contributed by atoms with van der Waals surface area (Å²) in [5.41, 5.74) is 0.622. The van der Waals surface area contributed by atoms with E-state index in [0.29, 0.717) is 23.7 Å². The molecule has 2 bridgehead atoms. The number of fused-ring (bicyclic) bond motifs is 2. The van der Waals surface area contributed by atoms with E-state index < -0.39 is 0 Å². The third-order valence-corrected chi connectivity index (χ3v) is 10.3. The average molecular weight is 478 g/mol. The van der Waals surface area contributed by atoms with E-state index >= 15 is 0 Å². The van der Waals surface area contributed by atoms with E-state index in [1.165, 1.54) is 38.5 Å². The van der Waals surface area contributed by atoms with Gasteiger partial charge in [0.25, 0.3) is 0 Å². The van der Waals surface area contributed by atoms with Crippen molar-refractivity contribution in [1.29, 1.82) is 0 Å². The molecule has 9 atom stereocenters. The minimum atomic E-state index is -0.264. The smallest absolute Gasteiger partial charge is 0.136 e. The summed E-state index contributed by atoms with van der Waals surface area (Å²) in [4.78, 5) is 15.3. The molecule has 6 aliphatic rings. The van der Waals surface area contributed by atoms with Crippen LogP contribution in [0, 0.1) is 35.5 Å². The fraction of sp³-hybridized carbons (Fsp3) is 0.742. The number of hydrogen-bond donors (Lipinski definition) is 0. The highest BCUT2D eigenvalue weighted by atomic mass is 17.2. The van der Waals surface area contributed by atoms with E-state index in [-0.39, 0.29) is 29.5 Å². The van der Waals surface area contributed by atoms with Gasteiger partial charge in [-0.1, -0.05) is 50.3 Å². The molecule has 4 heterocycles. The van der Waals surface area contributed by atoms with Crippen molar-refractivity contribution in [3.8, 4) is 11.8 Å². The summed E-state index contributed by atoms with van der Waals surface area (Å²) in [6.07, 6.45) is 11.0. The molecule has 0 N–H and O–H groups in total. The topological polar surface area (TPSA) is 30.9 Å². The van der Waals surface area contributed by atoms with Crippen molar-refractivity contribution in [2.45, 2.75) is 108 Å². The van der Waals surface area contributed by atoms with Crippen molar-refractivity contribution in [2.75, 3.05) is 13.1 Å². The minimum absolute atomic E-state index is 0.131. The Morgan fingerprint density at radius 3 is 2.60 bits per heavy atom. The Bertz CT molecular complexity index is 949. The molecule has 1 aromatic rings. The maximum Gasteiger partial charge on any atom is 0.136 e. The molecule has 4 heteroatoms. The number of likely N-dealkylation sites (tertiary alicyclic amines) is 1. The van der Waals surface area contributed by atoms with Crippen LogP contribution in [0.2, 0.25) is 0 Å². The highest BCUT2D eigenvalue weighted by molar-refractivity contribution is 5.35. The van der Waals surface area contributed by atoms with Gasteiger partial charge in [-0.2, -0.15) is 0 Å². The van der Waals surface area contributed by atoms with Crippen LogP contribution in [0.3, 0.4) is 0 Å². The second-order valence-electron chi connectivity index (χ2n) is 12.5. The first kappa shape index (κ1) is 24.0. The summed E-state index contributed by atoms with van der Waals surface area (Å²) in [7, 11) is 0. The standard InChI is InChI=1S/C31H43NO3/c1-22-12-15-27-23(2)28(33-29-21-30(3)17-16-26(22)31(27,29)35-34-30)20-25(32-18-8-5-9-19-32)14-13-24-10-6-4-7-11-24/h4,6-7,10-11,22-23,25-29H,5,8-9,12,15-21H2,1-3H3/t22-,23-,25-,26+,27+,28-,29-,30+,31-/m1/s1. The van der Waals surface area contributed by atoms with Crippen LogP contribution in [0.1, 0.15) is 84.1 Å². The normalized spacial score (nSPS) is 44.0. The fourth-order valence-electron chi connectivity index (χ4n) is 8.25. The molecule has 6 fully saturated rings. The van der Waals surface area contributed by atoms with Crippen LogP contribution in [0.5, 0.6) is 0 Å². The zero-order chi connectivity index (χ0) is 24.0. The first-order chi connectivity index (χ1) is 17.0. The molecular weight excluding hydrogens is 434 g/mol. The molecule has 0 unspecified atom stereocenters. The molecule has 4 nitrogen and oxygen atoms in total. The lowest BCUT2D eigenvalue weighted by Gasteiger charge is -2.61. The summed E-state index contributed by atoms with van der Waals surface area (Å²) in [6, 6.07) is 10.7. The zero-order valence-electron chi connectivity index (χ0n) is 21.9. The lowest BCUT2D eigenvalue weighted by molar-refractivity contribution is -0.487. The van der Waals surface area contributed by atoms with Gasteiger partial charge in [-0.25, -0.2) is 9.78 Å². The van der Waals surface area contributed by atoms with Crippen molar-refractivity contribution in [3.05, 3.63) is 35.9 Å². The van der Waals surface area contributed by atoms with Crippen LogP contribution in [0.15, 0.2) is 30.3 Å². The largest absolute Gasteiger partial charge is 0.371 e. The maximum atomic E-state index is 7.13. The molecule has 4 aliphatic heterocycles. The van der Waals surface area contributed by atoms with E-state index in [1.807, 2.05) is 0 Å². The molecule has 2 aliphatic carbocycles. The molecule has 2 saturated carbocycles. The van der Waals surface area contributed by atoms with Crippen molar-refractivity contribution >= 4 is 0 Å². The van der Waals surface area contributed by atoms with Gasteiger partial charge in [0.15, 0.2) is 0 Å². The first-order valence-corrected chi connectivity index (χ1v) is 14.3. The van der Waals surface area contributed by atoms with Gasteiger partial charge in [-0.05, 0) is 94.3 Å². The summed E-state index contributed by atoms with van der Waals surface area (Å²) in [6.45, 7) is 9.39. The van der Waals surface area contributed by atoms with Gasteiger partial charge in [0.05, 0.1) is 18.2 Å². The second kappa shape index (κ2) is 9.49. The van der Waals surface area contributed by atoms with Gasteiger partial charge in [-0.15, -0.1) is 0 Å². The Morgan fingerprint density at radius 2 is 1.80 bits per heavy atom. The van der Waals surface area contributed by atoms with Gasteiger partial charge in [0.1, 0.15) is 11.2 Å². The van der Waals surface area contributed by atoms with E-state index in [0.717, 1.165) is 37.9 Å². The van der Waals surface area contributed by atoms with Crippen molar-refractivity contribution in [3.63, 3.8) is 0 Å². The number of rotatable bonds is 3. The Morgan fingerprint density at radius 1 is 1.00 bits per heavy atom. The van der Waals surface area contributed by atoms with Crippen LogP contribution in [-0.2, 0) is 14.5 Å². The molecule has 4 saturated heterocycles. The van der Waals surface area contributed by atoms with E-state index in [9.17, 15) is 0 Å². The number of benzene rings is 1. The summed E-state index contributed by atoms with van der Waals surface area (Å²) in [5.74, 6) is 9.35. The Labute approximate surface area is 212 Å². The van der Waals surface area contributed by atoms with Gasteiger partial charge in [-0.3, -0.25) is 4.90 Å². The molecule has 0 radical (unpaired) electrons. The predicted molar refractivity (Wildman–Crippen MR) is 138 cm³/mol. The predicted octanol–water partition coefficient (Wildman–Crippen LogP) is 5.99. The monoisotopic (exact) mass is 477 g/mol. The fourth-order valence-corrected chi connectivity index (χ4v) is 8.25. The zero-order valence-corrected chi connectivity index (χ0v) is 21.9. The lowest BCUT2D eigenvalue weighted by atomic mass is 9.55. The van der Waals surface area contributed by atoms with Crippen molar-refractivity contribution in [2.24, 2.45) is 23.7 Å². The number of hydrogen-bond acceptors (Lipinski definition) is 4. The van der Waals surface area contributed by atoms with Crippen LogP contribution in [0.4, 0.5) is 0 Å². The molecule has 1 aromatic carbocycles. The first-order valence-electron chi connectivity index (χ1n) is 14.3. The van der Waals surface area contributed by atoms with E-state index in [2.05, 4.69) is 67.8 Å². The Balaban J connectivity index is 1.29. The quantitative estimate of drug-likeness (QED) is 0.395. The minimum Gasteiger partial charge on any atom is -0.371 e. The third-order valence-electron chi connectivity index (χ3n) is 10.3. The molecule has 0 aromatic heterocycles. The number of ether oxygens (including phenoxy) is 1. The second-order valence-corrected chi connectivity index (χ2v) is 12.5. The molecular formula is C31H43NO3. The van der Waals surface area contributed by atoms with Crippen molar-refractivity contribution < 1.29 is 14.5 Å². The summed E-state index contributed by atoms with van der Waals surface area (Å²) in [5, 5.41) is 0. The maximum absolute atomic E-state index is 7.13. The molecule has 0 amide bonds. The van der Waals surface area contributed by atoms with Crippen LogP contribution < -0.4 is 0 Å². The molecule has 190 valence electrons. The average Bonchev–Trinajstić information content (AvgIpc) is 3.11.